The fourth-order valence-corrected chi connectivity index (χ4v) is 17.7. The minimum absolute atomic E-state index is 0.000292. The zero-order valence-electron chi connectivity index (χ0n) is 74.4. The van der Waals surface area contributed by atoms with Crippen LogP contribution in [0.25, 0.3) is 11.3 Å². The molecule has 131 heavy (non-hydrogen) atoms. The predicted octanol–water partition coefficient (Wildman–Crippen LogP) is 12.7. The van der Waals surface area contributed by atoms with Gasteiger partial charge in [0, 0.05) is 236 Å². The third-order valence-corrected chi connectivity index (χ3v) is 25.0. The highest BCUT2D eigenvalue weighted by atomic mass is 19.1. The smallest absolute Gasteiger partial charge is 0.255 e. The number of likely N-dealkylation sites (tertiary alicyclic amines) is 4. The summed E-state index contributed by atoms with van der Waals surface area (Å²) in [6.45, 7) is 44.4. The van der Waals surface area contributed by atoms with E-state index in [-0.39, 0.29) is 120 Å². The van der Waals surface area contributed by atoms with Gasteiger partial charge >= 0.3 is 0 Å². The first-order valence-corrected chi connectivity index (χ1v) is 44.4. The van der Waals surface area contributed by atoms with Crippen LogP contribution in [0.15, 0.2) is 173 Å². The predicted molar refractivity (Wildman–Crippen MR) is 500 cm³/mol. The van der Waals surface area contributed by atoms with Crippen LogP contribution in [0.2, 0.25) is 0 Å². The number of hydrogen-bond acceptors (Lipinski definition) is 26. The van der Waals surface area contributed by atoms with Crippen LogP contribution in [0.3, 0.4) is 0 Å². The number of piperidine rings is 3. The number of piperazine rings is 1. The monoisotopic (exact) mass is 1790 g/mol. The standard InChI is InChI=1S/C27H34FN7O.C24H30FN7O2.C24H28FN5O3.C20H23FN6O/c1-4-18(2)35-11-5-6-20(17-35)31-26-24(28)22-16-29-27(36)23(22)25(32-26)30-19-7-9-21(10-8-19)34-14-12-33(3)13-15-34;1-3-15(2)31-8-4-5-16(13-31)28-23-21(25)19-12-26-24(33)20(19)22(30-23)29-17-11-27-32(14-17)18-6-9-34-10-7-18;1-4-15(2)30-10-9-17(14-30)28-23-21(25)19-13-26-24(31)20(19)22(29-23)27-16-5-7-18(8-6-16)33-12-11-32-3;1-4-12(2)27-7-5-6-14(11-27)24-19-17(21)15-9-22-20(28)16(15)18(25-19)13-8-23-26(3)10-13/h4,7-10,20H,1-2,5-6,11-17H2,3H3,(H,29,36)(H2,30,31,32);3,11,14,16,18H,1-2,4-10,12-13H2,(H,26,33)(H2,28,29,30);4-8,17H,1-2,9-14H2,3H3,(H,26,31)(H2,27,28,29);4,8,10,14H,1-2,5-7,9,11H2,3H3,(H,22,28)(H,24,25). The van der Waals surface area contributed by atoms with Gasteiger partial charge in [0.1, 0.15) is 29.8 Å². The number of halogens is 4. The lowest BCUT2D eigenvalue weighted by molar-refractivity contribution is 0.0662. The average Bonchev–Trinajstić information content (AvgIpc) is 1.62. The topological polar surface area (TPSA) is 335 Å². The fourth-order valence-electron chi connectivity index (χ4n) is 17.7. The van der Waals surface area contributed by atoms with E-state index in [9.17, 15) is 19.2 Å². The summed E-state index contributed by atoms with van der Waals surface area (Å²) in [7, 11) is 5.54. The van der Waals surface area contributed by atoms with E-state index in [0.29, 0.717) is 126 Å². The molecule has 0 spiro atoms. The van der Waals surface area contributed by atoms with Crippen LogP contribution >= 0.6 is 0 Å². The maximum atomic E-state index is 15.4. The van der Waals surface area contributed by atoms with Gasteiger partial charge in [-0.1, -0.05) is 52.6 Å². The average molecular weight is 1800 g/mol. The third kappa shape index (κ3) is 21.4. The molecule has 2 aromatic carbocycles. The number of allylic oxidation sites excluding steroid dienone is 4. The number of aromatic nitrogens is 8. The zero-order chi connectivity index (χ0) is 92.1. The molecule has 0 saturated carbocycles. The van der Waals surface area contributed by atoms with E-state index in [1.165, 1.54) is 0 Å². The summed E-state index contributed by atoms with van der Waals surface area (Å²) in [6.07, 6.45) is 22.1. The van der Waals surface area contributed by atoms with Gasteiger partial charge in [-0.15, -0.1) is 0 Å². The van der Waals surface area contributed by atoms with Crippen molar-refractivity contribution in [1.82, 2.24) is 85.3 Å². The number of fused-ring (bicyclic) bond motifs is 4. The summed E-state index contributed by atoms with van der Waals surface area (Å²) in [5.41, 5.74) is 10.3. The molecule has 10 aliphatic rings. The van der Waals surface area contributed by atoms with Crippen molar-refractivity contribution in [2.24, 2.45) is 7.05 Å². The molecule has 32 nitrogen and oxygen atoms in total. The zero-order valence-corrected chi connectivity index (χ0v) is 74.4. The molecular formula is C95H115F4N25O7. The molecule has 0 bridgehead atoms. The third-order valence-electron chi connectivity index (χ3n) is 25.0. The van der Waals surface area contributed by atoms with Crippen molar-refractivity contribution < 1.29 is 51.0 Å². The van der Waals surface area contributed by atoms with Gasteiger partial charge in [-0.3, -0.25) is 28.5 Å². The number of pyridine rings is 4. The highest BCUT2D eigenvalue weighted by Crippen LogP contribution is 2.40. The maximum absolute atomic E-state index is 15.4. The number of ether oxygens (including phenoxy) is 3. The van der Waals surface area contributed by atoms with E-state index in [2.05, 4.69) is 190 Å². The summed E-state index contributed by atoms with van der Waals surface area (Å²) in [5, 5.41) is 42.1. The molecule has 6 saturated heterocycles. The summed E-state index contributed by atoms with van der Waals surface area (Å²) >= 11 is 0. The summed E-state index contributed by atoms with van der Waals surface area (Å²) in [5.74, 6) is -0.946. The highest BCUT2D eigenvalue weighted by Gasteiger charge is 2.38. The lowest BCUT2D eigenvalue weighted by Gasteiger charge is -2.35. The number of benzene rings is 2. The largest absolute Gasteiger partial charge is 0.491 e. The van der Waals surface area contributed by atoms with E-state index in [1.54, 1.807) is 73.9 Å². The van der Waals surface area contributed by atoms with Crippen molar-refractivity contribution >= 4 is 87.1 Å². The second-order valence-corrected chi connectivity index (χ2v) is 33.8. The fraction of sp³-hybridized carbons (Fsp3) is 0.389. The van der Waals surface area contributed by atoms with Crippen LogP contribution < -0.4 is 68.1 Å². The van der Waals surface area contributed by atoms with E-state index in [1.807, 2.05) is 35.1 Å². The summed E-state index contributed by atoms with van der Waals surface area (Å²) in [6, 6.07) is 15.6. The molecule has 36 heteroatoms. The van der Waals surface area contributed by atoms with Gasteiger partial charge in [0.05, 0.1) is 58.7 Å². The van der Waals surface area contributed by atoms with Gasteiger partial charge in [-0.05, 0) is 138 Å². The molecule has 0 aliphatic carbocycles. The van der Waals surface area contributed by atoms with Crippen molar-refractivity contribution in [2.75, 3.05) is 161 Å². The van der Waals surface area contributed by atoms with Crippen molar-refractivity contribution in [1.29, 1.82) is 0 Å². The van der Waals surface area contributed by atoms with E-state index >= 15 is 17.6 Å². The number of hydrogen-bond donors (Lipinski definition) is 11. The molecule has 8 aromatic rings. The Hall–Kier alpha value is -13.7. The number of aryl methyl sites for hydroxylation is 1. The second kappa shape index (κ2) is 41.8. The Morgan fingerprint density at radius 2 is 0.855 bits per heavy atom. The second-order valence-electron chi connectivity index (χ2n) is 33.8. The van der Waals surface area contributed by atoms with E-state index in [0.717, 1.165) is 144 Å². The van der Waals surface area contributed by atoms with Crippen LogP contribution in [0.5, 0.6) is 5.75 Å². The van der Waals surface area contributed by atoms with Gasteiger partial charge in [0.15, 0.2) is 46.5 Å². The molecule has 4 atom stereocenters. The first-order chi connectivity index (χ1) is 63.4. The Morgan fingerprint density at radius 1 is 0.458 bits per heavy atom. The Balaban J connectivity index is 0.000000134. The molecule has 6 aromatic heterocycles. The Labute approximate surface area is 759 Å². The van der Waals surface area contributed by atoms with Crippen LogP contribution in [-0.4, -0.2) is 231 Å². The van der Waals surface area contributed by atoms with Crippen molar-refractivity contribution in [3.63, 3.8) is 0 Å². The lowest BCUT2D eigenvalue weighted by Crippen LogP contribution is -2.44. The number of likely N-dealkylation sites (N-methyl/N-ethyl adjacent to an activating group) is 1. The SMILES string of the molecule is C=CC(=C)N1CCC(Nc2nc(Nc3ccc(OCCOC)cc3)c3c(c2F)CNC3=O)C1.C=CC(=C)N1CCCC(Nc2nc(-c3cnn(C)c3)c3c(c2F)CNC3=O)C1.C=CC(=C)N1CCCC(Nc2nc(Nc3ccc(N4CCN(C)CC4)cc3)c3c(c2F)CNC3=O)C1.C=CC(=C)N1CCCC(Nc2nc(Nc3cnn(C4CCOCC4)c3)c3c(c2F)CNC3=O)C1. The summed E-state index contributed by atoms with van der Waals surface area (Å²) in [4.78, 5) is 81.0. The van der Waals surface area contributed by atoms with Crippen LogP contribution in [0, 0.1) is 23.3 Å². The Bertz CT molecular complexity index is 5650. The van der Waals surface area contributed by atoms with Gasteiger partial charge in [-0.25, -0.2) is 37.5 Å². The van der Waals surface area contributed by atoms with Gasteiger partial charge in [0.25, 0.3) is 23.6 Å². The molecule has 4 unspecified atom stereocenters. The maximum Gasteiger partial charge on any atom is 0.255 e. The first kappa shape index (κ1) is 92.0. The quantitative estimate of drug-likeness (QED) is 0.0118. The number of carbonyl (C=O) groups excluding carboxylic acids is 4. The molecular weight excluding hydrogens is 1680 g/mol. The molecule has 10 aliphatic heterocycles. The number of methoxy groups -OCH3 is 1. The van der Waals surface area contributed by atoms with E-state index in [4.69, 9.17) is 14.2 Å². The van der Waals surface area contributed by atoms with E-state index < -0.39 is 23.3 Å². The minimum Gasteiger partial charge on any atom is -0.491 e. The van der Waals surface area contributed by atoms with Gasteiger partial charge in [-0.2, -0.15) is 10.2 Å². The molecule has 18 rings (SSSR count). The molecule has 690 valence electrons. The summed E-state index contributed by atoms with van der Waals surface area (Å²) < 4.78 is 80.7. The number of nitrogens with zero attached hydrogens (tertiary/aromatic N) is 14. The van der Waals surface area contributed by atoms with Gasteiger partial charge in [0.2, 0.25) is 0 Å². The van der Waals surface area contributed by atoms with Crippen LogP contribution in [0.4, 0.5) is 81.0 Å². The Morgan fingerprint density at radius 3 is 1.27 bits per heavy atom. The highest BCUT2D eigenvalue weighted by molar-refractivity contribution is 6.06. The molecule has 0 radical (unpaired) electrons. The molecule has 4 amide bonds. The Kier molecular flexibility index (Phi) is 29.3. The minimum atomic E-state index is -0.503. The molecule has 6 fully saturated rings. The van der Waals surface area contributed by atoms with Crippen LogP contribution in [-0.2, 0) is 42.7 Å². The number of anilines is 11. The first-order valence-electron chi connectivity index (χ1n) is 44.4. The molecule has 11 N–H and O–H groups in total. The number of amides is 4. The van der Waals surface area contributed by atoms with Crippen molar-refractivity contribution in [2.45, 2.75) is 114 Å². The number of rotatable bonds is 29. The van der Waals surface area contributed by atoms with Crippen molar-refractivity contribution in [3.8, 4) is 17.0 Å². The van der Waals surface area contributed by atoms with Gasteiger partial charge < -0.3 is 102 Å². The number of nitrogens with one attached hydrogen (secondary N) is 11. The lowest BCUT2D eigenvalue weighted by atomic mass is 10.0. The van der Waals surface area contributed by atoms with Crippen LogP contribution in [0.1, 0.15) is 128 Å². The van der Waals surface area contributed by atoms with Crippen molar-refractivity contribution in [3.05, 3.63) is 241 Å². The number of carbonyl (C=O) groups is 4. The molecule has 16 heterocycles. The normalized spacial score (nSPS) is 19.1.